The minimum atomic E-state index is -0.871. The molecule has 0 aliphatic heterocycles. The van der Waals surface area contributed by atoms with E-state index in [9.17, 15) is 9.59 Å². The molecule has 1 aliphatic rings. The molecule has 0 radical (unpaired) electrons. The summed E-state index contributed by atoms with van der Waals surface area (Å²) in [5.74, 6) is -1.94. The van der Waals surface area contributed by atoms with Gasteiger partial charge in [0.1, 0.15) is 0 Å². The van der Waals surface area contributed by atoms with Gasteiger partial charge in [0, 0.05) is 0 Å². The number of carbonyl (C=O) groups excluding carboxylic acids is 1. The van der Waals surface area contributed by atoms with E-state index in [-0.39, 0.29) is 5.91 Å². The maximum atomic E-state index is 12.2. The fourth-order valence-corrected chi connectivity index (χ4v) is 2.62. The van der Waals surface area contributed by atoms with Gasteiger partial charge >= 0.3 is 5.97 Å². The van der Waals surface area contributed by atoms with Crippen LogP contribution in [0.3, 0.4) is 0 Å². The maximum absolute atomic E-state index is 12.2. The molecule has 0 spiro atoms. The fourth-order valence-electron chi connectivity index (χ4n) is 2.62. The van der Waals surface area contributed by atoms with Crippen molar-refractivity contribution in [2.75, 3.05) is 0 Å². The first-order valence-corrected chi connectivity index (χ1v) is 6.93. The van der Waals surface area contributed by atoms with Crippen LogP contribution in [0.15, 0.2) is 24.3 Å². The van der Waals surface area contributed by atoms with Crippen LogP contribution in [0.4, 0.5) is 0 Å². The van der Waals surface area contributed by atoms with E-state index in [0.29, 0.717) is 12.8 Å². The van der Waals surface area contributed by atoms with Crippen molar-refractivity contribution in [3.8, 4) is 0 Å². The number of aryl methyl sites for hydroxylation is 1. The summed E-state index contributed by atoms with van der Waals surface area (Å²) in [7, 11) is 0. The van der Waals surface area contributed by atoms with Crippen LogP contribution in [0.25, 0.3) is 0 Å². The molecular weight excluding hydrogens is 254 g/mol. The lowest BCUT2D eigenvalue weighted by Crippen LogP contribution is -2.49. The Kier molecular flexibility index (Phi) is 3.84. The van der Waals surface area contributed by atoms with Crippen molar-refractivity contribution in [1.82, 2.24) is 5.32 Å². The Bertz CT molecular complexity index is 536. The first-order valence-electron chi connectivity index (χ1n) is 6.93. The summed E-state index contributed by atoms with van der Waals surface area (Å²) < 4.78 is 0. The Morgan fingerprint density at radius 2 is 1.90 bits per heavy atom. The summed E-state index contributed by atoms with van der Waals surface area (Å²) in [6, 6.07) is 7.98. The van der Waals surface area contributed by atoms with Gasteiger partial charge in [0.05, 0.1) is 17.4 Å². The predicted molar refractivity (Wildman–Crippen MR) is 76.2 cm³/mol. The van der Waals surface area contributed by atoms with E-state index < -0.39 is 23.3 Å². The van der Waals surface area contributed by atoms with E-state index in [2.05, 4.69) is 5.32 Å². The minimum Gasteiger partial charge on any atom is -0.481 e. The van der Waals surface area contributed by atoms with Crippen molar-refractivity contribution in [2.24, 2.45) is 11.8 Å². The summed E-state index contributed by atoms with van der Waals surface area (Å²) in [5.41, 5.74) is 1.66. The number of carboxylic acid groups (broad SMARTS) is 1. The normalized spacial score (nSPS) is 21.9. The molecule has 1 saturated carbocycles. The zero-order chi connectivity index (χ0) is 14.9. The molecule has 1 aliphatic carbocycles. The van der Waals surface area contributed by atoms with Crippen molar-refractivity contribution >= 4 is 11.9 Å². The maximum Gasteiger partial charge on any atom is 0.307 e. The lowest BCUT2D eigenvalue weighted by atomic mass is 9.72. The Morgan fingerprint density at radius 3 is 2.40 bits per heavy atom. The average molecular weight is 275 g/mol. The summed E-state index contributed by atoms with van der Waals surface area (Å²) in [4.78, 5) is 23.2. The van der Waals surface area contributed by atoms with Crippen LogP contribution >= 0.6 is 0 Å². The summed E-state index contributed by atoms with van der Waals surface area (Å²) in [6.45, 7) is 5.88. The number of nitrogens with one attached hydrogen (secondary N) is 1. The lowest BCUT2D eigenvalue weighted by Gasteiger charge is -2.36. The Balaban J connectivity index is 2.08. The van der Waals surface area contributed by atoms with E-state index in [0.717, 1.165) is 11.1 Å². The molecule has 0 bridgehead atoms. The van der Waals surface area contributed by atoms with Crippen LogP contribution in [-0.2, 0) is 15.1 Å². The minimum absolute atomic E-state index is 0.157. The number of rotatable bonds is 4. The number of hydrogen-bond acceptors (Lipinski definition) is 2. The van der Waals surface area contributed by atoms with E-state index in [4.69, 9.17) is 5.11 Å². The van der Waals surface area contributed by atoms with E-state index in [1.807, 2.05) is 45.0 Å². The van der Waals surface area contributed by atoms with Gasteiger partial charge in [0.2, 0.25) is 5.91 Å². The molecule has 0 saturated heterocycles. The molecule has 1 fully saturated rings. The molecule has 2 atom stereocenters. The number of carboxylic acids is 1. The van der Waals surface area contributed by atoms with Crippen molar-refractivity contribution in [1.29, 1.82) is 0 Å². The highest BCUT2D eigenvalue weighted by atomic mass is 16.4. The largest absolute Gasteiger partial charge is 0.481 e. The van der Waals surface area contributed by atoms with Gasteiger partial charge in [-0.1, -0.05) is 29.8 Å². The lowest BCUT2D eigenvalue weighted by molar-refractivity contribution is -0.153. The average Bonchev–Trinajstić information content (AvgIpc) is 2.25. The highest BCUT2D eigenvalue weighted by Gasteiger charge is 2.42. The number of carbonyl (C=O) groups is 2. The topological polar surface area (TPSA) is 66.4 Å². The van der Waals surface area contributed by atoms with Gasteiger partial charge in [-0.25, -0.2) is 0 Å². The Labute approximate surface area is 119 Å². The van der Waals surface area contributed by atoms with E-state index in [1.165, 1.54) is 0 Å². The second-order valence-electron chi connectivity index (χ2n) is 6.11. The van der Waals surface area contributed by atoms with E-state index in [1.54, 1.807) is 0 Å². The summed E-state index contributed by atoms with van der Waals surface area (Å²) >= 11 is 0. The van der Waals surface area contributed by atoms with Crippen LogP contribution in [0.5, 0.6) is 0 Å². The molecule has 1 aromatic carbocycles. The molecule has 20 heavy (non-hydrogen) atoms. The van der Waals surface area contributed by atoms with Gasteiger partial charge in [-0.3, -0.25) is 9.59 Å². The molecule has 2 N–H and O–H groups in total. The number of amides is 1. The van der Waals surface area contributed by atoms with Gasteiger partial charge in [-0.15, -0.1) is 0 Å². The van der Waals surface area contributed by atoms with E-state index >= 15 is 0 Å². The van der Waals surface area contributed by atoms with Crippen LogP contribution in [-0.4, -0.2) is 17.0 Å². The van der Waals surface area contributed by atoms with Gasteiger partial charge in [0.15, 0.2) is 0 Å². The molecule has 108 valence electrons. The SMILES string of the molecule is Cc1cccc(C(C)(C)NC(=O)C2CCC2C(=O)O)c1. The quantitative estimate of drug-likeness (QED) is 0.887. The second-order valence-corrected chi connectivity index (χ2v) is 6.11. The molecule has 4 nitrogen and oxygen atoms in total. The van der Waals surface area contributed by atoms with Crippen molar-refractivity contribution in [3.05, 3.63) is 35.4 Å². The van der Waals surface area contributed by atoms with Crippen molar-refractivity contribution in [2.45, 2.75) is 39.2 Å². The van der Waals surface area contributed by atoms with Gasteiger partial charge in [-0.05, 0) is 39.2 Å². The second kappa shape index (κ2) is 5.27. The summed E-state index contributed by atoms with van der Waals surface area (Å²) in [5, 5.41) is 12.0. The molecule has 0 heterocycles. The van der Waals surface area contributed by atoms with Crippen molar-refractivity contribution in [3.63, 3.8) is 0 Å². The first kappa shape index (κ1) is 14.6. The van der Waals surface area contributed by atoms with Gasteiger partial charge < -0.3 is 10.4 Å². The fraction of sp³-hybridized carbons (Fsp3) is 0.500. The third-order valence-electron chi connectivity index (χ3n) is 4.10. The highest BCUT2D eigenvalue weighted by molar-refractivity contribution is 5.86. The molecule has 1 amide bonds. The monoisotopic (exact) mass is 275 g/mol. The third-order valence-corrected chi connectivity index (χ3v) is 4.10. The Morgan fingerprint density at radius 1 is 1.25 bits per heavy atom. The first-order chi connectivity index (χ1) is 9.31. The summed E-state index contributed by atoms with van der Waals surface area (Å²) in [6.07, 6.45) is 1.25. The van der Waals surface area contributed by atoms with Crippen LogP contribution in [0.2, 0.25) is 0 Å². The molecule has 2 rings (SSSR count). The number of aliphatic carboxylic acids is 1. The molecule has 4 heteroatoms. The highest BCUT2D eigenvalue weighted by Crippen LogP contribution is 2.35. The standard InChI is InChI=1S/C16H21NO3/c1-10-5-4-6-11(9-10)16(2,3)17-14(18)12-7-8-13(12)15(19)20/h4-6,9,12-13H,7-8H2,1-3H3,(H,17,18)(H,19,20). The van der Waals surface area contributed by atoms with Crippen molar-refractivity contribution < 1.29 is 14.7 Å². The molecule has 1 aromatic rings. The third kappa shape index (κ3) is 2.84. The van der Waals surface area contributed by atoms with Crippen LogP contribution in [0.1, 0.15) is 37.8 Å². The Hall–Kier alpha value is -1.84. The van der Waals surface area contributed by atoms with Crippen LogP contribution in [0, 0.1) is 18.8 Å². The predicted octanol–water partition coefficient (Wildman–Crippen LogP) is 2.46. The smallest absolute Gasteiger partial charge is 0.307 e. The zero-order valence-electron chi connectivity index (χ0n) is 12.1. The molecule has 0 aromatic heterocycles. The van der Waals surface area contributed by atoms with Gasteiger partial charge in [0.25, 0.3) is 0 Å². The molecular formula is C16H21NO3. The van der Waals surface area contributed by atoms with Gasteiger partial charge in [-0.2, -0.15) is 0 Å². The van der Waals surface area contributed by atoms with Crippen LogP contribution < -0.4 is 5.32 Å². The number of hydrogen-bond donors (Lipinski definition) is 2. The number of benzene rings is 1. The zero-order valence-corrected chi connectivity index (χ0v) is 12.1. The molecule has 2 unspecified atom stereocenters.